The number of aryl methyl sites for hydroxylation is 2. The van der Waals surface area contributed by atoms with E-state index < -0.39 is 0 Å². The molecule has 7 heteroatoms. The summed E-state index contributed by atoms with van der Waals surface area (Å²) in [6, 6.07) is 11.1. The van der Waals surface area contributed by atoms with Gasteiger partial charge in [-0.1, -0.05) is 31.2 Å². The van der Waals surface area contributed by atoms with Crippen LogP contribution in [0.4, 0.5) is 0 Å². The van der Waals surface area contributed by atoms with E-state index in [1.807, 2.05) is 6.92 Å². The molecule has 6 nitrogen and oxygen atoms in total. The summed E-state index contributed by atoms with van der Waals surface area (Å²) in [5.74, 6) is 1.33. The monoisotopic (exact) mass is 538 g/mol. The average Bonchev–Trinajstić information content (AvgIpc) is 3.34. The number of benzene rings is 1. The highest BCUT2D eigenvalue weighted by Gasteiger charge is 2.11. The number of hydrogen-bond donors (Lipinski definition) is 2. The lowest BCUT2D eigenvalue weighted by Gasteiger charge is -2.17. The van der Waals surface area contributed by atoms with E-state index in [-0.39, 0.29) is 24.0 Å². The SMILES string of the molecule is CCNC(=NCc1ccc(CN2CCCC2)cc1)NCC(C)Cn1nc(C)cc1C.I. The molecule has 0 bridgehead atoms. The second-order valence-corrected chi connectivity index (χ2v) is 8.59. The first kappa shape index (κ1) is 25.6. The Labute approximate surface area is 204 Å². The normalized spacial score (nSPS) is 15.5. The minimum Gasteiger partial charge on any atom is -0.357 e. The van der Waals surface area contributed by atoms with Crippen LogP contribution in [0.2, 0.25) is 0 Å². The van der Waals surface area contributed by atoms with Gasteiger partial charge in [0.2, 0.25) is 0 Å². The summed E-state index contributed by atoms with van der Waals surface area (Å²) in [6.07, 6.45) is 2.68. The fraction of sp³-hybridized carbons (Fsp3) is 0.583. The van der Waals surface area contributed by atoms with Crippen molar-refractivity contribution in [2.45, 2.75) is 60.2 Å². The molecule has 1 fully saturated rings. The van der Waals surface area contributed by atoms with Crippen molar-refractivity contribution in [3.05, 3.63) is 52.8 Å². The van der Waals surface area contributed by atoms with Crippen molar-refractivity contribution in [3.63, 3.8) is 0 Å². The lowest BCUT2D eigenvalue weighted by molar-refractivity contribution is 0.331. The van der Waals surface area contributed by atoms with E-state index in [4.69, 9.17) is 4.99 Å². The molecule has 1 aromatic heterocycles. The van der Waals surface area contributed by atoms with Crippen LogP contribution in [0.1, 0.15) is 49.2 Å². The molecular formula is C24H39IN6. The van der Waals surface area contributed by atoms with Gasteiger partial charge < -0.3 is 10.6 Å². The zero-order chi connectivity index (χ0) is 21.3. The number of rotatable bonds is 9. The first-order chi connectivity index (χ1) is 14.5. The molecule has 172 valence electrons. The van der Waals surface area contributed by atoms with Gasteiger partial charge in [0, 0.05) is 31.9 Å². The highest BCUT2D eigenvalue weighted by molar-refractivity contribution is 14.0. The van der Waals surface area contributed by atoms with Crippen LogP contribution >= 0.6 is 24.0 Å². The second kappa shape index (κ2) is 13.1. The fourth-order valence-corrected chi connectivity index (χ4v) is 3.95. The zero-order valence-corrected chi connectivity index (χ0v) is 21.9. The summed E-state index contributed by atoms with van der Waals surface area (Å²) in [4.78, 5) is 7.31. The average molecular weight is 539 g/mol. The molecule has 1 aliphatic rings. The van der Waals surface area contributed by atoms with Gasteiger partial charge >= 0.3 is 0 Å². The molecule has 0 radical (unpaired) electrons. The Morgan fingerprint density at radius 2 is 1.77 bits per heavy atom. The third-order valence-electron chi connectivity index (χ3n) is 5.60. The Kier molecular flexibility index (Phi) is 10.8. The predicted molar refractivity (Wildman–Crippen MR) is 140 cm³/mol. The highest BCUT2D eigenvalue weighted by Crippen LogP contribution is 2.13. The number of aromatic nitrogens is 2. The van der Waals surface area contributed by atoms with Gasteiger partial charge in [-0.15, -0.1) is 24.0 Å². The van der Waals surface area contributed by atoms with Crippen LogP contribution in [-0.2, 0) is 19.6 Å². The minimum absolute atomic E-state index is 0. The number of likely N-dealkylation sites (tertiary alicyclic amines) is 1. The van der Waals surface area contributed by atoms with Crippen molar-refractivity contribution in [2.24, 2.45) is 10.9 Å². The van der Waals surface area contributed by atoms with Gasteiger partial charge in [-0.25, -0.2) is 4.99 Å². The van der Waals surface area contributed by atoms with Crippen LogP contribution < -0.4 is 10.6 Å². The Hall–Kier alpha value is -1.61. The van der Waals surface area contributed by atoms with E-state index in [0.29, 0.717) is 12.5 Å². The molecule has 2 N–H and O–H groups in total. The van der Waals surface area contributed by atoms with Gasteiger partial charge in [0.05, 0.1) is 12.2 Å². The Balaban J connectivity index is 0.00000341. The Morgan fingerprint density at radius 3 is 2.39 bits per heavy atom. The second-order valence-electron chi connectivity index (χ2n) is 8.59. The number of nitrogens with one attached hydrogen (secondary N) is 2. The largest absolute Gasteiger partial charge is 0.357 e. The number of nitrogens with zero attached hydrogens (tertiary/aromatic N) is 4. The highest BCUT2D eigenvalue weighted by atomic mass is 127. The maximum Gasteiger partial charge on any atom is 0.191 e. The lowest BCUT2D eigenvalue weighted by Crippen LogP contribution is -2.40. The molecule has 3 rings (SSSR count). The van der Waals surface area contributed by atoms with Gasteiger partial charge in [0.1, 0.15) is 0 Å². The Bertz CT molecular complexity index is 808. The molecule has 0 spiro atoms. The first-order valence-electron chi connectivity index (χ1n) is 11.4. The molecule has 0 aliphatic carbocycles. The summed E-state index contributed by atoms with van der Waals surface area (Å²) in [7, 11) is 0. The van der Waals surface area contributed by atoms with E-state index in [0.717, 1.165) is 37.8 Å². The minimum atomic E-state index is 0. The van der Waals surface area contributed by atoms with Crippen molar-refractivity contribution in [1.82, 2.24) is 25.3 Å². The van der Waals surface area contributed by atoms with Crippen LogP contribution in [0.3, 0.4) is 0 Å². The topological polar surface area (TPSA) is 57.5 Å². The van der Waals surface area contributed by atoms with Crippen molar-refractivity contribution in [2.75, 3.05) is 26.2 Å². The van der Waals surface area contributed by atoms with Gasteiger partial charge in [-0.2, -0.15) is 5.10 Å². The van der Waals surface area contributed by atoms with E-state index in [1.165, 1.54) is 42.8 Å². The van der Waals surface area contributed by atoms with Crippen molar-refractivity contribution >= 4 is 29.9 Å². The molecule has 1 aromatic carbocycles. The fourth-order valence-electron chi connectivity index (χ4n) is 3.95. The zero-order valence-electron chi connectivity index (χ0n) is 19.5. The molecule has 0 amide bonds. The van der Waals surface area contributed by atoms with Gasteiger partial charge in [0.15, 0.2) is 5.96 Å². The van der Waals surface area contributed by atoms with E-state index in [9.17, 15) is 0 Å². The van der Waals surface area contributed by atoms with Crippen molar-refractivity contribution in [3.8, 4) is 0 Å². The van der Waals surface area contributed by atoms with Crippen LogP contribution in [0.25, 0.3) is 0 Å². The predicted octanol–water partition coefficient (Wildman–Crippen LogP) is 4.11. The maximum absolute atomic E-state index is 4.78. The number of guanidine groups is 1. The summed E-state index contributed by atoms with van der Waals surface area (Å²) < 4.78 is 2.09. The van der Waals surface area contributed by atoms with E-state index >= 15 is 0 Å². The molecular weight excluding hydrogens is 499 g/mol. The number of halogens is 1. The van der Waals surface area contributed by atoms with Gasteiger partial charge in [-0.05, 0) is 69.8 Å². The third kappa shape index (κ3) is 8.44. The molecule has 1 unspecified atom stereocenters. The van der Waals surface area contributed by atoms with Crippen LogP contribution in [0.15, 0.2) is 35.3 Å². The summed E-state index contributed by atoms with van der Waals surface area (Å²) in [5, 5.41) is 11.4. The molecule has 1 aliphatic heterocycles. The smallest absolute Gasteiger partial charge is 0.191 e. The number of hydrogen-bond acceptors (Lipinski definition) is 3. The lowest BCUT2D eigenvalue weighted by atomic mass is 10.1. The third-order valence-corrected chi connectivity index (χ3v) is 5.60. The van der Waals surface area contributed by atoms with Crippen molar-refractivity contribution in [1.29, 1.82) is 0 Å². The maximum atomic E-state index is 4.78. The van der Waals surface area contributed by atoms with E-state index in [2.05, 4.69) is 76.4 Å². The molecule has 1 atom stereocenters. The Morgan fingerprint density at radius 1 is 1.10 bits per heavy atom. The first-order valence-corrected chi connectivity index (χ1v) is 11.4. The van der Waals surface area contributed by atoms with Gasteiger partial charge in [-0.3, -0.25) is 9.58 Å². The van der Waals surface area contributed by atoms with Crippen LogP contribution in [-0.4, -0.2) is 46.8 Å². The quantitative estimate of drug-likeness (QED) is 0.287. The molecule has 2 heterocycles. The summed E-state index contributed by atoms with van der Waals surface area (Å²) >= 11 is 0. The van der Waals surface area contributed by atoms with Crippen molar-refractivity contribution < 1.29 is 0 Å². The molecule has 2 aromatic rings. The number of aliphatic imine (C=N–C) groups is 1. The summed E-state index contributed by atoms with van der Waals surface area (Å²) in [6.45, 7) is 15.4. The van der Waals surface area contributed by atoms with Crippen LogP contribution in [0, 0.1) is 19.8 Å². The molecule has 31 heavy (non-hydrogen) atoms. The van der Waals surface area contributed by atoms with Gasteiger partial charge in [0.25, 0.3) is 0 Å². The molecule has 0 saturated carbocycles. The molecule has 1 saturated heterocycles. The standard InChI is InChI=1S/C24H38N6.HI/c1-5-25-24(26-15-19(2)17-30-21(4)14-20(3)28-30)27-16-22-8-10-23(11-9-22)18-29-12-6-7-13-29;/h8-11,14,19H,5-7,12-13,15-18H2,1-4H3,(H2,25,26,27);1H. The van der Waals surface area contributed by atoms with Crippen LogP contribution in [0.5, 0.6) is 0 Å². The summed E-state index contributed by atoms with van der Waals surface area (Å²) in [5.41, 5.74) is 4.93. The van der Waals surface area contributed by atoms with E-state index in [1.54, 1.807) is 0 Å².